The third-order valence-electron chi connectivity index (χ3n) is 2.94. The number of nitrogens with zero attached hydrogens (tertiary/aromatic N) is 2. The maximum absolute atomic E-state index is 9.06. The quantitative estimate of drug-likeness (QED) is 0.875. The number of nitrogens with two attached hydrogens (primary N) is 1. The van der Waals surface area contributed by atoms with E-state index in [2.05, 4.69) is 16.4 Å². The van der Waals surface area contributed by atoms with Gasteiger partial charge in [-0.05, 0) is 30.2 Å². The second-order valence-electron chi connectivity index (χ2n) is 4.29. The van der Waals surface area contributed by atoms with E-state index < -0.39 is 0 Å². The Morgan fingerprint density at radius 3 is 2.63 bits per heavy atom. The minimum absolute atomic E-state index is 0.504. The van der Waals surface area contributed by atoms with E-state index in [1.54, 1.807) is 6.07 Å². The molecule has 0 aliphatic rings. The summed E-state index contributed by atoms with van der Waals surface area (Å²) in [4.78, 5) is 4.35. The third-order valence-corrected chi connectivity index (χ3v) is 2.94. The van der Waals surface area contributed by atoms with Gasteiger partial charge in [-0.2, -0.15) is 5.26 Å². The summed E-state index contributed by atoms with van der Waals surface area (Å²) in [7, 11) is 0. The molecular weight excluding hydrogens is 236 g/mol. The molecule has 2 rings (SSSR count). The van der Waals surface area contributed by atoms with Gasteiger partial charge < -0.3 is 11.1 Å². The average Bonchev–Trinajstić information content (AvgIpc) is 2.45. The molecule has 1 heterocycles. The minimum Gasteiger partial charge on any atom is -0.365 e. The molecule has 0 amide bonds. The highest BCUT2D eigenvalue weighted by molar-refractivity contribution is 5.52. The SMILES string of the molecule is Cc1ccc(C#N)c(NCc2ccccc2CN)n1. The van der Waals surface area contributed by atoms with Crippen LogP contribution in [0, 0.1) is 18.3 Å². The fourth-order valence-corrected chi connectivity index (χ4v) is 1.89. The number of benzene rings is 1. The van der Waals surface area contributed by atoms with Crippen molar-refractivity contribution in [3.8, 4) is 6.07 Å². The van der Waals surface area contributed by atoms with E-state index in [1.807, 2.05) is 37.3 Å². The first-order chi connectivity index (χ1) is 9.24. The number of nitrogens with one attached hydrogen (secondary N) is 1. The van der Waals surface area contributed by atoms with Crippen LogP contribution >= 0.6 is 0 Å². The molecule has 4 nitrogen and oxygen atoms in total. The van der Waals surface area contributed by atoms with Crippen molar-refractivity contribution in [2.24, 2.45) is 5.73 Å². The normalized spacial score (nSPS) is 9.95. The minimum atomic E-state index is 0.504. The van der Waals surface area contributed by atoms with Crippen molar-refractivity contribution in [2.45, 2.75) is 20.0 Å². The molecule has 4 heteroatoms. The lowest BCUT2D eigenvalue weighted by molar-refractivity contribution is 0.998. The van der Waals surface area contributed by atoms with Gasteiger partial charge in [0.25, 0.3) is 0 Å². The van der Waals surface area contributed by atoms with Crippen molar-refractivity contribution < 1.29 is 0 Å². The molecule has 3 N–H and O–H groups in total. The summed E-state index contributed by atoms with van der Waals surface area (Å²) in [5, 5.41) is 12.3. The lowest BCUT2D eigenvalue weighted by Gasteiger charge is -2.11. The number of anilines is 1. The third kappa shape index (κ3) is 3.09. The summed E-state index contributed by atoms with van der Waals surface area (Å²) in [5.41, 5.74) is 9.36. The van der Waals surface area contributed by atoms with Crippen molar-refractivity contribution >= 4 is 5.82 Å². The largest absolute Gasteiger partial charge is 0.365 e. The molecule has 1 aromatic carbocycles. The molecule has 0 bridgehead atoms. The fourth-order valence-electron chi connectivity index (χ4n) is 1.89. The zero-order valence-electron chi connectivity index (χ0n) is 10.9. The van der Waals surface area contributed by atoms with Crippen LogP contribution in [0.2, 0.25) is 0 Å². The molecule has 2 aromatic rings. The zero-order valence-corrected chi connectivity index (χ0v) is 10.9. The summed E-state index contributed by atoms with van der Waals surface area (Å²) in [5.74, 6) is 0.620. The average molecular weight is 252 g/mol. The van der Waals surface area contributed by atoms with Gasteiger partial charge in [-0.25, -0.2) is 4.98 Å². The number of aryl methyl sites for hydroxylation is 1. The van der Waals surface area contributed by atoms with Crippen LogP contribution in [0.1, 0.15) is 22.4 Å². The highest BCUT2D eigenvalue weighted by atomic mass is 15.0. The topological polar surface area (TPSA) is 74.7 Å². The Labute approximate surface area is 112 Å². The lowest BCUT2D eigenvalue weighted by atomic mass is 10.1. The predicted octanol–water partition coefficient (Wildman–Crippen LogP) is 2.33. The molecular formula is C15H16N4. The molecule has 0 saturated heterocycles. The molecule has 0 aliphatic heterocycles. The maximum atomic E-state index is 9.06. The second kappa shape index (κ2) is 5.98. The Kier molecular flexibility index (Phi) is 4.11. The standard InChI is InChI=1S/C15H16N4/c1-11-6-7-13(9-17)15(19-11)18-10-14-5-3-2-4-12(14)8-16/h2-7H,8,10,16H2,1H3,(H,18,19). The van der Waals surface area contributed by atoms with E-state index in [4.69, 9.17) is 11.0 Å². The Balaban J connectivity index is 2.19. The van der Waals surface area contributed by atoms with Crippen LogP contribution in [-0.2, 0) is 13.1 Å². The van der Waals surface area contributed by atoms with Gasteiger partial charge in [-0.15, -0.1) is 0 Å². The first-order valence-corrected chi connectivity index (χ1v) is 6.13. The summed E-state index contributed by atoms with van der Waals surface area (Å²) >= 11 is 0. The van der Waals surface area contributed by atoms with Gasteiger partial charge in [-0.1, -0.05) is 24.3 Å². The smallest absolute Gasteiger partial charge is 0.144 e. The van der Waals surface area contributed by atoms with Crippen molar-refractivity contribution in [3.63, 3.8) is 0 Å². The van der Waals surface area contributed by atoms with Crippen LogP contribution in [0.15, 0.2) is 36.4 Å². The molecule has 0 atom stereocenters. The van der Waals surface area contributed by atoms with E-state index in [0.717, 1.165) is 16.8 Å². The van der Waals surface area contributed by atoms with Gasteiger partial charge in [0, 0.05) is 18.8 Å². The number of hydrogen-bond acceptors (Lipinski definition) is 4. The number of pyridine rings is 1. The Morgan fingerprint density at radius 1 is 1.21 bits per heavy atom. The van der Waals surface area contributed by atoms with Crippen LogP contribution in [0.3, 0.4) is 0 Å². The van der Waals surface area contributed by atoms with Crippen LogP contribution < -0.4 is 11.1 Å². The maximum Gasteiger partial charge on any atom is 0.144 e. The summed E-state index contributed by atoms with van der Waals surface area (Å²) in [6.45, 7) is 3.02. The van der Waals surface area contributed by atoms with Crippen molar-refractivity contribution in [1.29, 1.82) is 5.26 Å². The van der Waals surface area contributed by atoms with Crippen LogP contribution in [0.5, 0.6) is 0 Å². The van der Waals surface area contributed by atoms with Gasteiger partial charge >= 0.3 is 0 Å². The van der Waals surface area contributed by atoms with Gasteiger partial charge in [0.2, 0.25) is 0 Å². The van der Waals surface area contributed by atoms with Gasteiger partial charge in [0.15, 0.2) is 0 Å². The number of aromatic nitrogens is 1. The van der Waals surface area contributed by atoms with E-state index in [9.17, 15) is 0 Å². The van der Waals surface area contributed by atoms with Gasteiger partial charge in [0.05, 0.1) is 5.56 Å². The molecule has 96 valence electrons. The van der Waals surface area contributed by atoms with Crippen LogP contribution in [0.4, 0.5) is 5.82 Å². The summed E-state index contributed by atoms with van der Waals surface area (Å²) < 4.78 is 0. The highest BCUT2D eigenvalue weighted by Crippen LogP contribution is 2.15. The van der Waals surface area contributed by atoms with Gasteiger partial charge in [-0.3, -0.25) is 0 Å². The monoisotopic (exact) mass is 252 g/mol. The lowest BCUT2D eigenvalue weighted by Crippen LogP contribution is -2.08. The van der Waals surface area contributed by atoms with Crippen LogP contribution in [-0.4, -0.2) is 4.98 Å². The number of nitriles is 1. The molecule has 0 unspecified atom stereocenters. The second-order valence-corrected chi connectivity index (χ2v) is 4.29. The van der Waals surface area contributed by atoms with Crippen molar-refractivity contribution in [3.05, 3.63) is 58.8 Å². The Hall–Kier alpha value is -2.38. The molecule has 0 saturated carbocycles. The van der Waals surface area contributed by atoms with Crippen LogP contribution in [0.25, 0.3) is 0 Å². The summed E-state index contributed by atoms with van der Waals surface area (Å²) in [6.07, 6.45) is 0. The molecule has 0 spiro atoms. The zero-order chi connectivity index (χ0) is 13.7. The molecule has 19 heavy (non-hydrogen) atoms. The van der Waals surface area contributed by atoms with E-state index in [0.29, 0.717) is 24.5 Å². The van der Waals surface area contributed by atoms with E-state index in [1.165, 1.54) is 0 Å². The van der Waals surface area contributed by atoms with Crippen molar-refractivity contribution in [1.82, 2.24) is 4.98 Å². The molecule has 0 aliphatic carbocycles. The number of hydrogen-bond donors (Lipinski definition) is 2. The Bertz CT molecular complexity index is 614. The molecule has 0 fully saturated rings. The van der Waals surface area contributed by atoms with E-state index in [-0.39, 0.29) is 0 Å². The van der Waals surface area contributed by atoms with Gasteiger partial charge in [0.1, 0.15) is 11.9 Å². The molecule has 0 radical (unpaired) electrons. The first-order valence-electron chi connectivity index (χ1n) is 6.13. The number of rotatable bonds is 4. The van der Waals surface area contributed by atoms with Crippen molar-refractivity contribution in [2.75, 3.05) is 5.32 Å². The summed E-state index contributed by atoms with van der Waals surface area (Å²) in [6, 6.07) is 13.7. The Morgan fingerprint density at radius 2 is 1.95 bits per heavy atom. The highest BCUT2D eigenvalue weighted by Gasteiger charge is 2.05. The first kappa shape index (κ1) is 13.1. The predicted molar refractivity (Wildman–Crippen MR) is 75.3 cm³/mol. The van der Waals surface area contributed by atoms with E-state index >= 15 is 0 Å². The fraction of sp³-hybridized carbons (Fsp3) is 0.200. The molecule has 1 aromatic heterocycles.